The molecule has 6 nitrogen and oxygen atoms in total. The van der Waals surface area contributed by atoms with Gasteiger partial charge in [-0.05, 0) is 26.8 Å². The Bertz CT molecular complexity index is 443. The van der Waals surface area contributed by atoms with E-state index in [9.17, 15) is 9.59 Å². The molecule has 0 aliphatic heterocycles. The molecule has 94 valence electrons. The lowest BCUT2D eigenvalue weighted by atomic mass is 10.2. The van der Waals surface area contributed by atoms with Gasteiger partial charge in [0.2, 0.25) is 0 Å². The van der Waals surface area contributed by atoms with E-state index in [1.54, 1.807) is 20.8 Å². The maximum atomic E-state index is 11.8. The molecule has 6 heteroatoms. The van der Waals surface area contributed by atoms with Gasteiger partial charge in [0.05, 0.1) is 12.8 Å². The van der Waals surface area contributed by atoms with E-state index in [-0.39, 0.29) is 11.4 Å². The van der Waals surface area contributed by atoms with Crippen molar-refractivity contribution in [2.75, 3.05) is 12.8 Å². The zero-order chi connectivity index (χ0) is 13.2. The van der Waals surface area contributed by atoms with Crippen LogP contribution in [-0.4, -0.2) is 29.3 Å². The van der Waals surface area contributed by atoms with E-state index in [0.29, 0.717) is 0 Å². The zero-order valence-corrected chi connectivity index (χ0v) is 10.3. The number of hydrogen-bond donors (Lipinski definition) is 1. The van der Waals surface area contributed by atoms with Gasteiger partial charge in [-0.2, -0.15) is 0 Å². The molecule has 0 amide bonds. The second-order valence-electron chi connectivity index (χ2n) is 4.46. The second-order valence-corrected chi connectivity index (χ2v) is 4.46. The molecule has 0 radical (unpaired) electrons. The molecular formula is C11H16N2O4. The van der Waals surface area contributed by atoms with Crippen LogP contribution in [0.2, 0.25) is 0 Å². The standard InChI is InChI=1S/C11H16N2O4/c1-11(2,3)17-10(15)13-6-5-7(12)8(13)9(14)16-4/h5-6H,12H2,1-4H3. The molecule has 0 aromatic carbocycles. The van der Waals surface area contributed by atoms with Gasteiger partial charge in [-0.25, -0.2) is 14.2 Å². The Morgan fingerprint density at radius 3 is 2.41 bits per heavy atom. The van der Waals surface area contributed by atoms with Gasteiger partial charge < -0.3 is 15.2 Å². The molecular weight excluding hydrogens is 224 g/mol. The molecule has 17 heavy (non-hydrogen) atoms. The molecule has 0 bridgehead atoms. The number of carbonyl (C=O) groups excluding carboxylic acids is 2. The van der Waals surface area contributed by atoms with E-state index >= 15 is 0 Å². The van der Waals surface area contributed by atoms with Crippen LogP contribution in [0.15, 0.2) is 12.3 Å². The quantitative estimate of drug-likeness (QED) is 0.754. The Kier molecular flexibility index (Phi) is 3.45. The van der Waals surface area contributed by atoms with Crippen LogP contribution >= 0.6 is 0 Å². The summed E-state index contributed by atoms with van der Waals surface area (Å²) in [5.74, 6) is -0.682. The lowest BCUT2D eigenvalue weighted by molar-refractivity contribution is 0.0484. The number of nitrogens with two attached hydrogens (primary N) is 1. The Hall–Kier alpha value is -1.98. The average Bonchev–Trinajstić information content (AvgIpc) is 2.56. The SMILES string of the molecule is COC(=O)c1c(N)ccn1C(=O)OC(C)(C)C. The highest BCUT2D eigenvalue weighted by Gasteiger charge is 2.24. The summed E-state index contributed by atoms with van der Waals surface area (Å²) in [5.41, 5.74) is 5.08. The molecule has 1 rings (SSSR count). The molecule has 2 N–H and O–H groups in total. The van der Waals surface area contributed by atoms with Gasteiger partial charge in [-0.3, -0.25) is 0 Å². The smallest absolute Gasteiger partial charge is 0.419 e. The number of ether oxygens (including phenoxy) is 2. The minimum atomic E-state index is -0.682. The molecule has 0 atom stereocenters. The van der Waals surface area contributed by atoms with E-state index in [1.165, 1.54) is 19.4 Å². The van der Waals surface area contributed by atoms with Gasteiger partial charge in [-0.1, -0.05) is 0 Å². The van der Waals surface area contributed by atoms with Gasteiger partial charge in [0, 0.05) is 6.20 Å². The van der Waals surface area contributed by atoms with Crippen LogP contribution in [0.3, 0.4) is 0 Å². The number of rotatable bonds is 1. The Balaban J connectivity index is 3.07. The molecule has 0 saturated carbocycles. The molecule has 1 aromatic rings. The van der Waals surface area contributed by atoms with Crippen LogP contribution in [0.25, 0.3) is 0 Å². The number of anilines is 1. The van der Waals surface area contributed by atoms with Gasteiger partial charge in [0.1, 0.15) is 5.60 Å². The Labute approximate surface area is 99.3 Å². The summed E-state index contributed by atoms with van der Waals surface area (Å²) < 4.78 is 10.7. The Morgan fingerprint density at radius 1 is 1.35 bits per heavy atom. The third kappa shape index (κ3) is 2.99. The molecule has 0 aliphatic rings. The molecule has 0 spiro atoms. The van der Waals surface area contributed by atoms with E-state index in [2.05, 4.69) is 4.74 Å². The minimum Gasteiger partial charge on any atom is -0.464 e. The van der Waals surface area contributed by atoms with Crippen molar-refractivity contribution in [2.45, 2.75) is 26.4 Å². The molecule has 0 fully saturated rings. The third-order valence-electron chi connectivity index (χ3n) is 1.89. The maximum absolute atomic E-state index is 11.8. The largest absolute Gasteiger partial charge is 0.464 e. The van der Waals surface area contributed by atoms with E-state index < -0.39 is 17.7 Å². The number of methoxy groups -OCH3 is 1. The summed E-state index contributed by atoms with van der Waals surface area (Å²) in [4.78, 5) is 23.2. The van der Waals surface area contributed by atoms with Crippen LogP contribution in [-0.2, 0) is 9.47 Å². The van der Waals surface area contributed by atoms with Crippen LogP contribution in [0.4, 0.5) is 10.5 Å². The van der Waals surface area contributed by atoms with Crippen molar-refractivity contribution in [3.05, 3.63) is 18.0 Å². The summed E-state index contributed by atoms with van der Waals surface area (Å²) in [5, 5.41) is 0. The van der Waals surface area contributed by atoms with Gasteiger partial charge in [0.15, 0.2) is 5.69 Å². The van der Waals surface area contributed by atoms with E-state index in [0.717, 1.165) is 4.57 Å². The number of aromatic nitrogens is 1. The summed E-state index contributed by atoms with van der Waals surface area (Å²) in [6, 6.07) is 1.44. The minimum absolute atomic E-state index is 0.0262. The summed E-state index contributed by atoms with van der Waals surface area (Å²) >= 11 is 0. The van der Waals surface area contributed by atoms with Crippen molar-refractivity contribution in [3.8, 4) is 0 Å². The fourth-order valence-corrected chi connectivity index (χ4v) is 1.22. The first-order valence-corrected chi connectivity index (χ1v) is 5.04. The van der Waals surface area contributed by atoms with Crippen molar-refractivity contribution in [3.63, 3.8) is 0 Å². The summed E-state index contributed by atoms with van der Waals surface area (Å²) in [6.45, 7) is 5.20. The Morgan fingerprint density at radius 2 is 1.94 bits per heavy atom. The molecule has 0 unspecified atom stereocenters. The van der Waals surface area contributed by atoms with Crippen molar-refractivity contribution in [2.24, 2.45) is 0 Å². The van der Waals surface area contributed by atoms with E-state index in [4.69, 9.17) is 10.5 Å². The van der Waals surface area contributed by atoms with Crippen LogP contribution in [0.5, 0.6) is 0 Å². The second kappa shape index (κ2) is 4.48. The van der Waals surface area contributed by atoms with Crippen molar-refractivity contribution >= 4 is 17.7 Å². The van der Waals surface area contributed by atoms with Gasteiger partial charge in [-0.15, -0.1) is 0 Å². The van der Waals surface area contributed by atoms with Gasteiger partial charge in [0.25, 0.3) is 0 Å². The topological polar surface area (TPSA) is 83.5 Å². The van der Waals surface area contributed by atoms with Crippen LogP contribution < -0.4 is 5.73 Å². The lowest BCUT2D eigenvalue weighted by Gasteiger charge is -2.20. The predicted octanol–water partition coefficient (Wildman–Crippen LogP) is 1.64. The number of nitrogens with zero attached hydrogens (tertiary/aromatic N) is 1. The summed E-state index contributed by atoms with van der Waals surface area (Å²) in [7, 11) is 1.22. The molecule has 0 saturated heterocycles. The average molecular weight is 240 g/mol. The first-order valence-electron chi connectivity index (χ1n) is 5.04. The fourth-order valence-electron chi connectivity index (χ4n) is 1.22. The first kappa shape index (κ1) is 13.1. The number of esters is 1. The number of carbonyl (C=O) groups is 2. The number of hydrogen-bond acceptors (Lipinski definition) is 5. The normalized spacial score (nSPS) is 11.1. The highest BCUT2D eigenvalue weighted by molar-refractivity contribution is 5.97. The van der Waals surface area contributed by atoms with Crippen molar-refractivity contribution in [1.29, 1.82) is 0 Å². The summed E-state index contributed by atoms with van der Waals surface area (Å²) in [6.07, 6.45) is 0.699. The van der Waals surface area contributed by atoms with Crippen molar-refractivity contribution < 1.29 is 19.1 Å². The van der Waals surface area contributed by atoms with Crippen molar-refractivity contribution in [1.82, 2.24) is 4.57 Å². The number of nitrogen functional groups attached to an aromatic ring is 1. The van der Waals surface area contributed by atoms with Crippen LogP contribution in [0, 0.1) is 0 Å². The highest BCUT2D eigenvalue weighted by atomic mass is 16.6. The molecule has 0 aliphatic carbocycles. The lowest BCUT2D eigenvalue weighted by Crippen LogP contribution is -2.28. The third-order valence-corrected chi connectivity index (χ3v) is 1.89. The predicted molar refractivity (Wildman–Crippen MR) is 61.8 cm³/mol. The van der Waals surface area contributed by atoms with Crippen LogP contribution in [0.1, 0.15) is 31.3 Å². The maximum Gasteiger partial charge on any atom is 0.419 e. The fraction of sp³-hybridized carbons (Fsp3) is 0.455. The highest BCUT2D eigenvalue weighted by Crippen LogP contribution is 2.17. The monoisotopic (exact) mass is 240 g/mol. The van der Waals surface area contributed by atoms with Gasteiger partial charge >= 0.3 is 12.1 Å². The van der Waals surface area contributed by atoms with E-state index in [1.807, 2.05) is 0 Å². The molecule has 1 aromatic heterocycles. The first-order chi connectivity index (χ1) is 7.76. The molecule has 1 heterocycles. The zero-order valence-electron chi connectivity index (χ0n) is 10.3.